The highest BCUT2D eigenvalue weighted by Crippen LogP contribution is 2.42. The number of halogens is 3. The molecule has 0 fully saturated rings. The van der Waals surface area contributed by atoms with Crippen LogP contribution in [-0.2, 0) is 9.53 Å². The molecule has 1 aromatic heterocycles. The summed E-state index contributed by atoms with van der Waals surface area (Å²) in [6, 6.07) is 7.02. The first-order valence-corrected chi connectivity index (χ1v) is 13.2. The molecule has 0 radical (unpaired) electrons. The maximum atomic E-state index is 13.4. The van der Waals surface area contributed by atoms with Crippen LogP contribution in [0.2, 0.25) is 5.02 Å². The minimum Gasteiger partial charge on any atom is -0.493 e. The number of ether oxygens (including phenoxy) is 3. The zero-order valence-electron chi connectivity index (χ0n) is 20.5. The molecule has 0 bridgehead atoms. The van der Waals surface area contributed by atoms with Crippen LogP contribution in [0.15, 0.2) is 43.1 Å². The lowest BCUT2D eigenvalue weighted by Crippen LogP contribution is -2.26. The number of fused-ring (bicyclic) bond motifs is 1. The molecular formula is C25H26Br2ClN3O5. The first-order valence-electron chi connectivity index (χ1n) is 11.3. The van der Waals surface area contributed by atoms with Gasteiger partial charge in [-0.2, -0.15) is 9.78 Å². The first kappa shape index (κ1) is 28.1. The summed E-state index contributed by atoms with van der Waals surface area (Å²) >= 11 is 13.5. The van der Waals surface area contributed by atoms with Crippen LogP contribution in [0, 0.1) is 0 Å². The molecule has 1 heterocycles. The van der Waals surface area contributed by atoms with Crippen molar-refractivity contribution in [2.24, 2.45) is 5.10 Å². The second-order valence-corrected chi connectivity index (χ2v) is 10.0. The van der Waals surface area contributed by atoms with E-state index in [1.807, 2.05) is 19.9 Å². The van der Waals surface area contributed by atoms with Crippen molar-refractivity contribution in [3.63, 3.8) is 0 Å². The van der Waals surface area contributed by atoms with Crippen LogP contribution < -0.4 is 15.0 Å². The van der Waals surface area contributed by atoms with Crippen LogP contribution in [0.3, 0.4) is 0 Å². The molecule has 0 aliphatic heterocycles. The first-order chi connectivity index (χ1) is 17.1. The molecule has 2 atom stereocenters. The molecule has 0 spiro atoms. The summed E-state index contributed by atoms with van der Waals surface area (Å²) in [5.74, 6) is 0.481. The second kappa shape index (κ2) is 12.2. The van der Waals surface area contributed by atoms with E-state index >= 15 is 0 Å². The van der Waals surface area contributed by atoms with E-state index in [1.165, 1.54) is 18.0 Å². The Hall–Kier alpha value is -2.43. The normalized spacial score (nSPS) is 13.1. The van der Waals surface area contributed by atoms with Crippen LogP contribution in [-0.4, -0.2) is 41.7 Å². The van der Waals surface area contributed by atoms with Gasteiger partial charge in [0, 0.05) is 20.4 Å². The summed E-state index contributed by atoms with van der Waals surface area (Å²) in [7, 11) is 1.46. The number of hydrogen-bond acceptors (Lipinski definition) is 7. The Kier molecular flexibility index (Phi) is 9.54. The maximum absolute atomic E-state index is 13.4. The van der Waals surface area contributed by atoms with Gasteiger partial charge in [0.15, 0.2) is 17.6 Å². The maximum Gasteiger partial charge on any atom is 0.347 e. The summed E-state index contributed by atoms with van der Waals surface area (Å²) in [4.78, 5) is 30.1. The summed E-state index contributed by atoms with van der Waals surface area (Å²) in [5, 5.41) is 5.11. The molecule has 11 heteroatoms. The summed E-state index contributed by atoms with van der Waals surface area (Å²) in [5.41, 5.74) is 0.850. The van der Waals surface area contributed by atoms with E-state index in [9.17, 15) is 9.59 Å². The predicted octanol–water partition coefficient (Wildman–Crippen LogP) is 6.31. The third-order valence-electron chi connectivity index (χ3n) is 5.49. The number of esters is 1. The number of aromatic nitrogens is 2. The highest BCUT2D eigenvalue weighted by atomic mass is 79.9. The van der Waals surface area contributed by atoms with Gasteiger partial charge in [-0.25, -0.2) is 9.78 Å². The van der Waals surface area contributed by atoms with Crippen molar-refractivity contribution < 1.29 is 19.0 Å². The monoisotopic (exact) mass is 641 g/mol. The molecule has 192 valence electrons. The number of carbonyl (C=O) groups excluding carboxylic acids is 1. The molecule has 2 aromatic carbocycles. The number of benzene rings is 2. The van der Waals surface area contributed by atoms with Gasteiger partial charge in [-0.1, -0.05) is 41.4 Å². The Bertz CT molecular complexity index is 1380. The van der Waals surface area contributed by atoms with E-state index in [4.69, 9.17) is 30.8 Å². The largest absolute Gasteiger partial charge is 0.493 e. The average molecular weight is 644 g/mol. The van der Waals surface area contributed by atoms with Crippen molar-refractivity contribution in [2.75, 3.05) is 13.7 Å². The predicted molar refractivity (Wildman–Crippen MR) is 148 cm³/mol. The molecule has 0 aliphatic carbocycles. The van der Waals surface area contributed by atoms with Crippen LogP contribution in [0.1, 0.15) is 51.4 Å². The molecular weight excluding hydrogens is 618 g/mol. The van der Waals surface area contributed by atoms with Crippen molar-refractivity contribution in [3.05, 3.63) is 60.0 Å². The van der Waals surface area contributed by atoms with Gasteiger partial charge in [-0.3, -0.25) is 4.79 Å². The number of methoxy groups -OCH3 is 1. The lowest BCUT2D eigenvalue weighted by Gasteiger charge is -2.18. The molecule has 0 aliphatic rings. The molecule has 0 amide bonds. The highest BCUT2D eigenvalue weighted by molar-refractivity contribution is 9.10. The fourth-order valence-corrected chi connectivity index (χ4v) is 4.35. The van der Waals surface area contributed by atoms with Gasteiger partial charge in [-0.15, -0.1) is 0 Å². The van der Waals surface area contributed by atoms with Crippen LogP contribution in [0.25, 0.3) is 10.9 Å². The quantitative estimate of drug-likeness (QED) is 0.201. The Morgan fingerprint density at radius 3 is 2.61 bits per heavy atom. The second-order valence-electron chi connectivity index (χ2n) is 7.94. The van der Waals surface area contributed by atoms with Gasteiger partial charge in [0.1, 0.15) is 10.8 Å². The Balaban J connectivity index is 2.10. The third-order valence-corrected chi connectivity index (χ3v) is 7.42. The van der Waals surface area contributed by atoms with Gasteiger partial charge in [-0.05, 0) is 60.5 Å². The van der Waals surface area contributed by atoms with Gasteiger partial charge in [0.2, 0.25) is 0 Å². The number of nitrogens with zero attached hydrogens (tertiary/aromatic N) is 3. The SMILES string of the molecule is CCOC(=O)[C@@H](C)Oc1c(OC)cc(C=Nn2c([C@H](C)CC)nc3ccc(Br)cc3c2=O)c(Br)c1Cl. The van der Waals surface area contributed by atoms with E-state index < -0.39 is 12.1 Å². The molecule has 36 heavy (non-hydrogen) atoms. The number of hydrogen-bond donors (Lipinski definition) is 0. The van der Waals surface area contributed by atoms with E-state index in [-0.39, 0.29) is 34.6 Å². The minimum absolute atomic E-state index is 0.00963. The van der Waals surface area contributed by atoms with Crippen molar-refractivity contribution in [1.82, 2.24) is 9.66 Å². The van der Waals surface area contributed by atoms with Crippen molar-refractivity contribution >= 4 is 66.5 Å². The van der Waals surface area contributed by atoms with Crippen molar-refractivity contribution in [1.29, 1.82) is 0 Å². The number of rotatable bonds is 9. The molecule has 3 rings (SSSR count). The number of carbonyl (C=O) groups is 1. The van der Waals surface area contributed by atoms with Gasteiger partial charge >= 0.3 is 5.97 Å². The highest BCUT2D eigenvalue weighted by Gasteiger charge is 2.23. The molecule has 3 aromatic rings. The Labute approximate surface area is 230 Å². The summed E-state index contributed by atoms with van der Waals surface area (Å²) in [6.45, 7) is 7.52. The average Bonchev–Trinajstić information content (AvgIpc) is 2.86. The molecule has 0 saturated heterocycles. The fraction of sp³-hybridized carbons (Fsp3) is 0.360. The van der Waals surface area contributed by atoms with Crippen molar-refractivity contribution in [3.8, 4) is 11.5 Å². The van der Waals surface area contributed by atoms with Gasteiger partial charge in [0.05, 0.1) is 30.8 Å². The summed E-state index contributed by atoms with van der Waals surface area (Å²) < 4.78 is 18.7. The van der Waals surface area contributed by atoms with E-state index in [2.05, 4.69) is 37.0 Å². The van der Waals surface area contributed by atoms with Crippen LogP contribution in [0.4, 0.5) is 0 Å². The lowest BCUT2D eigenvalue weighted by molar-refractivity contribution is -0.150. The molecule has 8 nitrogen and oxygen atoms in total. The van der Waals surface area contributed by atoms with Gasteiger partial charge in [0.25, 0.3) is 5.56 Å². The zero-order valence-corrected chi connectivity index (χ0v) is 24.4. The van der Waals surface area contributed by atoms with E-state index in [0.29, 0.717) is 26.8 Å². The summed E-state index contributed by atoms with van der Waals surface area (Å²) in [6.07, 6.45) is 1.37. The van der Waals surface area contributed by atoms with E-state index in [0.717, 1.165) is 10.9 Å². The zero-order chi connectivity index (χ0) is 26.6. The van der Waals surface area contributed by atoms with Gasteiger partial charge < -0.3 is 14.2 Å². The molecule has 0 saturated carbocycles. The molecule has 0 N–H and O–H groups in total. The third kappa shape index (κ3) is 5.92. The topological polar surface area (TPSA) is 92.0 Å². The lowest BCUT2D eigenvalue weighted by atomic mass is 10.1. The Morgan fingerprint density at radius 1 is 1.25 bits per heavy atom. The fourth-order valence-electron chi connectivity index (χ4n) is 3.34. The van der Waals surface area contributed by atoms with E-state index in [1.54, 1.807) is 32.0 Å². The standard InChI is InChI=1S/C25H26Br2ClN3O5/c1-6-13(3)23-30-18-9-8-16(26)11-17(18)24(32)31(23)29-12-15-10-19(34-5)22(21(28)20(15)27)36-14(4)25(33)35-7-2/h8-14H,6-7H2,1-5H3/t13-,14-/m1/s1. The molecule has 0 unspecified atom stereocenters. The smallest absolute Gasteiger partial charge is 0.347 e. The van der Waals surface area contributed by atoms with Crippen LogP contribution in [0.5, 0.6) is 11.5 Å². The van der Waals surface area contributed by atoms with Crippen molar-refractivity contribution in [2.45, 2.75) is 46.1 Å². The Morgan fingerprint density at radius 2 is 1.97 bits per heavy atom. The minimum atomic E-state index is -0.901. The van der Waals surface area contributed by atoms with Crippen LogP contribution >= 0.6 is 43.5 Å².